The van der Waals surface area contributed by atoms with E-state index < -0.39 is 0 Å². The monoisotopic (exact) mass is 110 g/mol. The van der Waals surface area contributed by atoms with Crippen molar-refractivity contribution >= 4 is 6.29 Å². The Bertz CT molecular complexity index is 118. The summed E-state index contributed by atoms with van der Waals surface area (Å²) in [6, 6.07) is 0. The average Bonchev–Trinajstić information content (AvgIpc) is 1.83. The van der Waals surface area contributed by atoms with Crippen molar-refractivity contribution in [3.05, 3.63) is 17.9 Å². The van der Waals surface area contributed by atoms with E-state index in [1.165, 1.54) is 0 Å². The fraction of sp³-hybridized carbons (Fsp3) is 0.429. The Balaban J connectivity index is 3.72. The molecule has 0 radical (unpaired) electrons. The molecular weight excluding hydrogens is 100 g/mol. The van der Waals surface area contributed by atoms with E-state index in [1.54, 1.807) is 0 Å². The molecule has 0 N–H and O–H groups in total. The van der Waals surface area contributed by atoms with Crippen molar-refractivity contribution in [2.75, 3.05) is 0 Å². The minimum atomic E-state index is 0.486. The van der Waals surface area contributed by atoms with Gasteiger partial charge in [-0.3, -0.25) is 0 Å². The number of aldehydes is 1. The predicted molar refractivity (Wildman–Crippen MR) is 33.6 cm³/mol. The Morgan fingerprint density at radius 3 is 2.62 bits per heavy atom. The van der Waals surface area contributed by atoms with E-state index in [4.69, 9.17) is 0 Å². The molecule has 0 atom stereocenters. The highest BCUT2D eigenvalue weighted by Crippen LogP contribution is 1.99. The van der Waals surface area contributed by atoms with Crippen LogP contribution in [-0.4, -0.2) is 6.29 Å². The van der Waals surface area contributed by atoms with Gasteiger partial charge in [0, 0.05) is 6.42 Å². The van der Waals surface area contributed by atoms with E-state index in [1.807, 2.05) is 6.92 Å². The summed E-state index contributed by atoms with van der Waals surface area (Å²) in [5, 5.41) is 0. The number of hydrogen-bond acceptors (Lipinski definition) is 1. The molecule has 0 aromatic heterocycles. The van der Waals surface area contributed by atoms with Gasteiger partial charge in [-0.1, -0.05) is 13.5 Å². The molecule has 0 spiro atoms. The molecule has 0 aliphatic heterocycles. The molecule has 8 heavy (non-hydrogen) atoms. The van der Waals surface area contributed by atoms with E-state index in [0.29, 0.717) is 6.42 Å². The van der Waals surface area contributed by atoms with Crippen LogP contribution in [0.2, 0.25) is 0 Å². The lowest BCUT2D eigenvalue weighted by atomic mass is 10.2. The van der Waals surface area contributed by atoms with Crippen LogP contribution in [0.15, 0.2) is 17.9 Å². The number of allylic oxidation sites excluding steroid dienone is 1. The Kier molecular flexibility index (Phi) is 3.91. The zero-order chi connectivity index (χ0) is 6.41. The molecule has 0 heterocycles. The highest BCUT2D eigenvalue weighted by molar-refractivity contribution is 5.53. The second-order valence-electron chi connectivity index (χ2n) is 1.50. The zero-order valence-electron chi connectivity index (χ0n) is 5.11. The number of carbonyl (C=O) groups excluding carboxylic acids is 1. The van der Waals surface area contributed by atoms with Gasteiger partial charge in [-0.25, -0.2) is 0 Å². The molecule has 0 aromatic rings. The normalized spacial score (nSPS) is 7.62. The summed E-state index contributed by atoms with van der Waals surface area (Å²) in [5.41, 5.74) is 3.67. The molecule has 44 valence electrons. The summed E-state index contributed by atoms with van der Waals surface area (Å²) in [6.45, 7) is 5.41. The smallest absolute Gasteiger partial charge is 0.124 e. The lowest BCUT2D eigenvalue weighted by molar-refractivity contribution is -0.107. The second kappa shape index (κ2) is 4.35. The summed E-state index contributed by atoms with van der Waals surface area (Å²) >= 11 is 0. The lowest BCUT2D eigenvalue weighted by Gasteiger charge is -1.88. The van der Waals surface area contributed by atoms with Gasteiger partial charge >= 0.3 is 0 Å². The van der Waals surface area contributed by atoms with Crippen molar-refractivity contribution in [2.45, 2.75) is 19.8 Å². The standard InChI is InChI=1S/C7H10O/c1-3-7(4-2)5-6-8/h6H,1,4-5H2,2H3. The first-order valence-corrected chi connectivity index (χ1v) is 2.66. The van der Waals surface area contributed by atoms with Gasteiger partial charge in [0.2, 0.25) is 0 Å². The van der Waals surface area contributed by atoms with Gasteiger partial charge < -0.3 is 4.79 Å². The molecule has 0 saturated heterocycles. The van der Waals surface area contributed by atoms with Gasteiger partial charge in [-0.2, -0.15) is 0 Å². The molecule has 0 aliphatic rings. The maximum absolute atomic E-state index is 9.84. The second-order valence-corrected chi connectivity index (χ2v) is 1.50. The van der Waals surface area contributed by atoms with Crippen LogP contribution in [0.3, 0.4) is 0 Å². The fourth-order valence-electron chi connectivity index (χ4n) is 0.442. The van der Waals surface area contributed by atoms with Crippen LogP contribution in [0.5, 0.6) is 0 Å². The van der Waals surface area contributed by atoms with Crippen molar-refractivity contribution < 1.29 is 4.79 Å². The third-order valence-electron chi connectivity index (χ3n) is 1.01. The van der Waals surface area contributed by atoms with E-state index >= 15 is 0 Å². The number of carbonyl (C=O) groups is 1. The van der Waals surface area contributed by atoms with Crippen molar-refractivity contribution in [2.24, 2.45) is 0 Å². The van der Waals surface area contributed by atoms with Gasteiger partial charge in [0.15, 0.2) is 0 Å². The highest BCUT2D eigenvalue weighted by atomic mass is 16.1. The van der Waals surface area contributed by atoms with Crippen LogP contribution in [0.25, 0.3) is 0 Å². The minimum absolute atomic E-state index is 0.486. The quantitative estimate of drug-likeness (QED) is 0.399. The fourth-order valence-corrected chi connectivity index (χ4v) is 0.442. The third-order valence-corrected chi connectivity index (χ3v) is 1.01. The maximum atomic E-state index is 9.84. The van der Waals surface area contributed by atoms with Crippen molar-refractivity contribution in [3.8, 4) is 0 Å². The number of rotatable bonds is 3. The molecule has 0 aliphatic carbocycles. The van der Waals surface area contributed by atoms with Crippen molar-refractivity contribution in [3.63, 3.8) is 0 Å². The maximum Gasteiger partial charge on any atom is 0.124 e. The molecule has 0 rings (SSSR count). The summed E-state index contributed by atoms with van der Waals surface area (Å²) in [5.74, 6) is 0. The molecule has 0 aromatic carbocycles. The highest BCUT2D eigenvalue weighted by Gasteiger charge is 1.86. The van der Waals surface area contributed by atoms with Gasteiger partial charge in [-0.15, -0.1) is 5.73 Å². The Morgan fingerprint density at radius 2 is 2.50 bits per heavy atom. The number of hydrogen-bond donors (Lipinski definition) is 0. The zero-order valence-corrected chi connectivity index (χ0v) is 5.11. The van der Waals surface area contributed by atoms with Gasteiger partial charge in [0.05, 0.1) is 0 Å². The molecule has 0 amide bonds. The third kappa shape index (κ3) is 2.38. The van der Waals surface area contributed by atoms with Gasteiger partial charge in [0.1, 0.15) is 6.29 Å². The SMILES string of the molecule is C=C=C(CC)CC=O. The first-order chi connectivity index (χ1) is 3.85. The first-order valence-electron chi connectivity index (χ1n) is 2.66. The molecule has 0 unspecified atom stereocenters. The topological polar surface area (TPSA) is 17.1 Å². The molecule has 1 heteroatoms. The Morgan fingerprint density at radius 1 is 1.88 bits per heavy atom. The summed E-state index contributed by atoms with van der Waals surface area (Å²) < 4.78 is 0. The molecule has 0 saturated carbocycles. The van der Waals surface area contributed by atoms with Crippen LogP contribution in [-0.2, 0) is 4.79 Å². The van der Waals surface area contributed by atoms with Crippen molar-refractivity contribution in [1.29, 1.82) is 0 Å². The van der Waals surface area contributed by atoms with Crippen LogP contribution in [0, 0.1) is 0 Å². The van der Waals surface area contributed by atoms with Crippen LogP contribution >= 0.6 is 0 Å². The Labute approximate surface area is 49.7 Å². The van der Waals surface area contributed by atoms with Crippen LogP contribution in [0.1, 0.15) is 19.8 Å². The molecular formula is C7H10O. The van der Waals surface area contributed by atoms with E-state index in [9.17, 15) is 4.79 Å². The summed E-state index contributed by atoms with van der Waals surface area (Å²) in [4.78, 5) is 9.84. The molecule has 0 fully saturated rings. The van der Waals surface area contributed by atoms with Crippen LogP contribution in [0.4, 0.5) is 0 Å². The van der Waals surface area contributed by atoms with Gasteiger partial charge in [-0.05, 0) is 12.0 Å². The lowest BCUT2D eigenvalue weighted by Crippen LogP contribution is -1.78. The van der Waals surface area contributed by atoms with Crippen molar-refractivity contribution in [1.82, 2.24) is 0 Å². The average molecular weight is 110 g/mol. The molecule has 1 nitrogen and oxygen atoms in total. The minimum Gasteiger partial charge on any atom is -0.303 e. The largest absolute Gasteiger partial charge is 0.303 e. The molecule has 0 bridgehead atoms. The predicted octanol–water partition coefficient (Wildman–Crippen LogP) is 1.70. The first kappa shape index (κ1) is 7.19. The Hall–Kier alpha value is -0.810. The van der Waals surface area contributed by atoms with Gasteiger partial charge in [0.25, 0.3) is 0 Å². The van der Waals surface area contributed by atoms with E-state index in [2.05, 4.69) is 12.3 Å². The van der Waals surface area contributed by atoms with Crippen LogP contribution < -0.4 is 0 Å². The summed E-state index contributed by atoms with van der Waals surface area (Å²) in [6.07, 6.45) is 2.24. The van der Waals surface area contributed by atoms with E-state index in [0.717, 1.165) is 18.3 Å². The summed E-state index contributed by atoms with van der Waals surface area (Å²) in [7, 11) is 0. The van der Waals surface area contributed by atoms with E-state index in [-0.39, 0.29) is 0 Å².